The zero-order valence-electron chi connectivity index (χ0n) is 51.6. The molecule has 0 aromatic carbocycles. The van der Waals surface area contributed by atoms with Gasteiger partial charge >= 0.3 is 0 Å². The van der Waals surface area contributed by atoms with Crippen molar-refractivity contribution in [3.05, 3.63) is 36.5 Å². The molecule has 3 rings (SSSR count). The Morgan fingerprint density at radius 3 is 1.19 bits per heavy atom. The summed E-state index contributed by atoms with van der Waals surface area (Å²) in [6, 6.07) is -0.993. The third kappa shape index (κ3) is 30.5. The lowest BCUT2D eigenvalue weighted by molar-refractivity contribution is -0.379. The Kier molecular flexibility index (Phi) is 43.5. The lowest BCUT2D eigenvalue weighted by Crippen LogP contribution is -2.66. The number of rotatable bonds is 50. The quantitative estimate of drug-likeness (QED) is 0.0205. The lowest BCUT2D eigenvalue weighted by Gasteiger charge is -2.48. The molecule has 19 heteroatoms. The summed E-state index contributed by atoms with van der Waals surface area (Å²) in [5.41, 5.74) is 0. The fourth-order valence-electron chi connectivity index (χ4n) is 11.2. The van der Waals surface area contributed by atoms with E-state index >= 15 is 0 Å². The number of hydrogen-bond donors (Lipinski definition) is 12. The molecule has 12 N–H and O–H groups in total. The molecule has 3 heterocycles. The van der Waals surface area contributed by atoms with E-state index in [1.165, 1.54) is 148 Å². The number of aliphatic hydroxyl groups is 11. The van der Waals surface area contributed by atoms with Crippen LogP contribution < -0.4 is 5.32 Å². The smallest absolute Gasteiger partial charge is 0.220 e. The highest BCUT2D eigenvalue weighted by Gasteiger charge is 2.53. The maximum atomic E-state index is 13.4. The van der Waals surface area contributed by atoms with Gasteiger partial charge < -0.3 is 89.9 Å². The molecule has 1 amide bonds. The minimum Gasteiger partial charge on any atom is -0.394 e. The first-order chi connectivity index (χ1) is 40.8. The highest BCUT2D eigenvalue weighted by Crippen LogP contribution is 2.33. The molecule has 17 unspecified atom stereocenters. The maximum absolute atomic E-state index is 13.4. The van der Waals surface area contributed by atoms with E-state index in [1.54, 1.807) is 6.08 Å². The van der Waals surface area contributed by atoms with Gasteiger partial charge in [-0.25, -0.2) is 0 Å². The number of nitrogens with one attached hydrogen (secondary N) is 1. The van der Waals surface area contributed by atoms with Crippen LogP contribution in [0.5, 0.6) is 0 Å². The van der Waals surface area contributed by atoms with Gasteiger partial charge in [-0.3, -0.25) is 4.79 Å². The van der Waals surface area contributed by atoms with Crippen molar-refractivity contribution in [3.8, 4) is 0 Å². The molecular formula is C65H119NO18. The van der Waals surface area contributed by atoms with E-state index in [2.05, 4.69) is 43.5 Å². The summed E-state index contributed by atoms with van der Waals surface area (Å²) in [6.45, 7) is 1.71. The summed E-state index contributed by atoms with van der Waals surface area (Å²) in [5.74, 6) is -0.293. The van der Waals surface area contributed by atoms with Crippen molar-refractivity contribution in [1.29, 1.82) is 0 Å². The Hall–Kier alpha value is -1.99. The first-order valence-corrected chi connectivity index (χ1v) is 33.2. The normalized spacial score (nSPS) is 29.4. The number of ether oxygens (including phenoxy) is 6. The van der Waals surface area contributed by atoms with Crippen molar-refractivity contribution in [3.63, 3.8) is 0 Å². The van der Waals surface area contributed by atoms with Crippen LogP contribution >= 0.6 is 0 Å². The lowest BCUT2D eigenvalue weighted by atomic mass is 9.96. The van der Waals surface area contributed by atoms with E-state index in [0.29, 0.717) is 12.8 Å². The molecule has 3 aliphatic heterocycles. The van der Waals surface area contributed by atoms with Gasteiger partial charge in [0, 0.05) is 6.42 Å². The van der Waals surface area contributed by atoms with Gasteiger partial charge in [-0.1, -0.05) is 211 Å². The first kappa shape index (κ1) is 76.3. The highest BCUT2D eigenvalue weighted by molar-refractivity contribution is 5.76. The second-order valence-corrected chi connectivity index (χ2v) is 23.9. The number of hydrogen-bond acceptors (Lipinski definition) is 18. The summed E-state index contributed by atoms with van der Waals surface area (Å²) >= 11 is 0. The van der Waals surface area contributed by atoms with Crippen LogP contribution in [0.2, 0.25) is 0 Å². The van der Waals surface area contributed by atoms with Crippen LogP contribution in [0.4, 0.5) is 0 Å². The van der Waals surface area contributed by atoms with Crippen LogP contribution in [-0.4, -0.2) is 193 Å². The number of aliphatic hydroxyl groups excluding tert-OH is 11. The van der Waals surface area contributed by atoms with Gasteiger partial charge in [0.25, 0.3) is 0 Å². The van der Waals surface area contributed by atoms with Crippen LogP contribution in [0, 0.1) is 0 Å². The molecule has 492 valence electrons. The summed E-state index contributed by atoms with van der Waals surface area (Å²) in [6.07, 6.45) is 27.0. The third-order valence-electron chi connectivity index (χ3n) is 16.7. The van der Waals surface area contributed by atoms with Gasteiger partial charge in [0.05, 0.1) is 38.6 Å². The molecule has 0 aromatic heterocycles. The minimum absolute atomic E-state index is 0.226. The van der Waals surface area contributed by atoms with Crippen molar-refractivity contribution in [2.75, 3.05) is 26.4 Å². The van der Waals surface area contributed by atoms with Crippen LogP contribution in [0.15, 0.2) is 36.5 Å². The summed E-state index contributed by atoms with van der Waals surface area (Å²) in [5, 5.41) is 120. The molecule has 3 aliphatic rings. The average Bonchev–Trinajstić information content (AvgIpc) is 2.79. The number of carbonyl (C=O) groups is 1. The summed E-state index contributed by atoms with van der Waals surface area (Å²) in [7, 11) is 0. The predicted octanol–water partition coefficient (Wildman–Crippen LogP) is 7.66. The largest absolute Gasteiger partial charge is 0.394 e. The molecule has 3 fully saturated rings. The first-order valence-electron chi connectivity index (χ1n) is 33.2. The van der Waals surface area contributed by atoms with Crippen molar-refractivity contribution < 1.29 is 89.4 Å². The van der Waals surface area contributed by atoms with E-state index in [9.17, 15) is 61.0 Å². The van der Waals surface area contributed by atoms with Crippen molar-refractivity contribution in [2.45, 2.75) is 343 Å². The summed E-state index contributed by atoms with van der Waals surface area (Å²) in [4.78, 5) is 13.4. The number of carbonyl (C=O) groups excluding carboxylic acids is 1. The van der Waals surface area contributed by atoms with Crippen LogP contribution in [0.25, 0.3) is 0 Å². The zero-order valence-corrected chi connectivity index (χ0v) is 51.6. The average molecular weight is 1200 g/mol. The van der Waals surface area contributed by atoms with E-state index in [-0.39, 0.29) is 18.9 Å². The van der Waals surface area contributed by atoms with Gasteiger partial charge in [-0.2, -0.15) is 0 Å². The van der Waals surface area contributed by atoms with Gasteiger partial charge in [0.2, 0.25) is 5.91 Å². The van der Waals surface area contributed by atoms with E-state index in [0.717, 1.165) is 57.8 Å². The molecule has 0 aliphatic carbocycles. The SMILES string of the molecule is CCCCCCCCC/C=C\CCCCCCCC(=O)NC(COC1OC(CO)C(OC2OC(CO)C(OC3OC(CO)C(O)C(O)C3O)C(O)C2O)C(O)C1O)C(O)/C=C/CC/C=C/CCCCCCCCCCCCCCCCCCC. The fourth-order valence-corrected chi connectivity index (χ4v) is 11.2. The standard InChI is InChI=1S/C65H119NO18/c1-3-5-7-9-11-13-15-17-19-21-22-23-24-25-26-27-28-30-32-34-36-38-40-42-49(70)48(66-53(71)43-41-39-37-35-33-31-29-20-18-16-14-12-10-8-6-4-2)47-79-63-59(77)56(74)61(51(45-68)81-63)84-65-60(78)57(75)62(52(46-69)82-65)83-64-58(76)55(73)54(72)50(44-67)80-64/h20,29,32,34,40,42,48-52,54-65,67-70,72-78H,3-19,21-28,30-31,33,35-39,41,43-47H2,1-2H3,(H,66,71)/b29-20-,34-32+,42-40+. The molecule has 0 saturated carbocycles. The Morgan fingerprint density at radius 1 is 0.417 bits per heavy atom. The molecule has 84 heavy (non-hydrogen) atoms. The van der Waals surface area contributed by atoms with Crippen molar-refractivity contribution in [2.24, 2.45) is 0 Å². The molecule has 0 radical (unpaired) electrons. The second kappa shape index (κ2) is 47.9. The van der Waals surface area contributed by atoms with Gasteiger partial charge in [0.15, 0.2) is 18.9 Å². The van der Waals surface area contributed by atoms with E-state index in [1.807, 2.05) is 6.08 Å². The molecule has 0 aromatic rings. The van der Waals surface area contributed by atoms with E-state index in [4.69, 9.17) is 28.4 Å². The van der Waals surface area contributed by atoms with Gasteiger partial charge in [-0.05, 0) is 57.8 Å². The van der Waals surface area contributed by atoms with Gasteiger partial charge in [-0.15, -0.1) is 0 Å². The Morgan fingerprint density at radius 2 is 0.762 bits per heavy atom. The number of amides is 1. The third-order valence-corrected chi connectivity index (χ3v) is 16.7. The minimum atomic E-state index is -1.98. The van der Waals surface area contributed by atoms with Crippen LogP contribution in [-0.2, 0) is 33.2 Å². The molecule has 17 atom stereocenters. The molecule has 0 spiro atoms. The van der Waals surface area contributed by atoms with E-state index < -0.39 is 124 Å². The zero-order chi connectivity index (χ0) is 61.2. The monoisotopic (exact) mass is 1200 g/mol. The second-order valence-electron chi connectivity index (χ2n) is 23.9. The molecular weight excluding hydrogens is 1080 g/mol. The molecule has 0 bridgehead atoms. The number of allylic oxidation sites excluding steroid dienone is 5. The Bertz CT molecular complexity index is 1670. The molecule has 19 nitrogen and oxygen atoms in total. The Balaban J connectivity index is 1.48. The summed E-state index contributed by atoms with van der Waals surface area (Å²) < 4.78 is 34.3. The van der Waals surface area contributed by atoms with Crippen molar-refractivity contribution >= 4 is 5.91 Å². The highest BCUT2D eigenvalue weighted by atomic mass is 16.8. The maximum Gasteiger partial charge on any atom is 0.220 e. The topological polar surface area (TPSA) is 307 Å². The van der Waals surface area contributed by atoms with Crippen LogP contribution in [0.3, 0.4) is 0 Å². The Labute approximate surface area is 504 Å². The van der Waals surface area contributed by atoms with Crippen LogP contribution in [0.1, 0.15) is 239 Å². The predicted molar refractivity (Wildman–Crippen MR) is 323 cm³/mol. The van der Waals surface area contributed by atoms with Crippen molar-refractivity contribution in [1.82, 2.24) is 5.32 Å². The number of unbranched alkanes of at least 4 members (excludes halogenated alkanes) is 30. The molecule has 3 saturated heterocycles. The van der Waals surface area contributed by atoms with Gasteiger partial charge in [0.1, 0.15) is 73.2 Å². The fraction of sp³-hybridized carbons (Fsp3) is 0.892.